The normalized spacial score (nSPS) is 10.1. The van der Waals surface area contributed by atoms with E-state index in [9.17, 15) is 0 Å². The van der Waals surface area contributed by atoms with Gasteiger partial charge in [-0.2, -0.15) is 0 Å². The quantitative estimate of drug-likeness (QED) is 0.710. The van der Waals surface area contributed by atoms with E-state index in [-0.39, 0.29) is 0 Å². The topological polar surface area (TPSA) is 50.3 Å². The largest absolute Gasteiger partial charge is 0.380 e. The number of hydrogen-bond donors (Lipinski definition) is 1. The zero-order valence-electron chi connectivity index (χ0n) is 9.53. The number of ether oxygens (including phenoxy) is 1. The molecule has 0 bridgehead atoms. The predicted octanol–water partition coefficient (Wildman–Crippen LogP) is 0.991. The molecule has 1 rings (SSSR count). The van der Waals surface area contributed by atoms with E-state index in [1.807, 2.05) is 25.9 Å². The molecule has 5 nitrogen and oxygen atoms in total. The minimum atomic E-state index is 0.707. The van der Waals surface area contributed by atoms with Crippen LogP contribution in [0.25, 0.3) is 0 Å². The Hall–Kier alpha value is -1.36. The van der Waals surface area contributed by atoms with Gasteiger partial charge in [0, 0.05) is 27.2 Å². The lowest BCUT2D eigenvalue weighted by Gasteiger charge is -2.17. The van der Waals surface area contributed by atoms with Crippen LogP contribution in [0.1, 0.15) is 6.92 Å². The second-order valence-corrected chi connectivity index (χ2v) is 3.13. The summed E-state index contributed by atoms with van der Waals surface area (Å²) in [5.41, 5.74) is 0. The van der Waals surface area contributed by atoms with Gasteiger partial charge in [-0.3, -0.25) is 4.98 Å². The van der Waals surface area contributed by atoms with Crippen molar-refractivity contribution in [3.05, 3.63) is 12.4 Å². The van der Waals surface area contributed by atoms with Gasteiger partial charge in [-0.15, -0.1) is 0 Å². The smallest absolute Gasteiger partial charge is 0.149 e. The monoisotopic (exact) mass is 210 g/mol. The lowest BCUT2D eigenvalue weighted by molar-refractivity contribution is 0.154. The first kappa shape index (κ1) is 11.7. The molecule has 0 radical (unpaired) electrons. The Bertz CT molecular complexity index is 293. The van der Waals surface area contributed by atoms with Gasteiger partial charge in [-0.05, 0) is 6.92 Å². The van der Waals surface area contributed by atoms with Crippen LogP contribution in [-0.2, 0) is 4.74 Å². The van der Waals surface area contributed by atoms with Gasteiger partial charge < -0.3 is 15.0 Å². The summed E-state index contributed by atoms with van der Waals surface area (Å²) in [6.07, 6.45) is 3.44. The minimum Gasteiger partial charge on any atom is -0.380 e. The van der Waals surface area contributed by atoms with E-state index in [2.05, 4.69) is 15.3 Å². The Morgan fingerprint density at radius 2 is 2.27 bits per heavy atom. The van der Waals surface area contributed by atoms with Crippen molar-refractivity contribution in [1.82, 2.24) is 9.97 Å². The van der Waals surface area contributed by atoms with Crippen molar-refractivity contribution in [1.29, 1.82) is 0 Å². The summed E-state index contributed by atoms with van der Waals surface area (Å²) in [6, 6.07) is 0. The molecule has 84 valence electrons. The second-order valence-electron chi connectivity index (χ2n) is 3.13. The van der Waals surface area contributed by atoms with Crippen molar-refractivity contribution in [3.63, 3.8) is 0 Å². The number of aromatic nitrogens is 2. The van der Waals surface area contributed by atoms with Gasteiger partial charge in [-0.25, -0.2) is 4.98 Å². The average molecular weight is 210 g/mol. The molecule has 0 atom stereocenters. The molecule has 15 heavy (non-hydrogen) atoms. The molecular weight excluding hydrogens is 192 g/mol. The van der Waals surface area contributed by atoms with Crippen LogP contribution in [-0.4, -0.2) is 43.8 Å². The lowest BCUT2D eigenvalue weighted by atomic mass is 10.5. The highest BCUT2D eigenvalue weighted by molar-refractivity contribution is 5.42. The van der Waals surface area contributed by atoms with Crippen LogP contribution in [0.3, 0.4) is 0 Å². The molecule has 0 aromatic carbocycles. The van der Waals surface area contributed by atoms with Gasteiger partial charge in [0.2, 0.25) is 0 Å². The highest BCUT2D eigenvalue weighted by atomic mass is 16.5. The molecule has 5 heteroatoms. The Morgan fingerprint density at radius 1 is 1.47 bits per heavy atom. The number of hydrogen-bond acceptors (Lipinski definition) is 5. The van der Waals surface area contributed by atoms with Crippen LogP contribution >= 0.6 is 0 Å². The molecule has 0 saturated carbocycles. The van der Waals surface area contributed by atoms with E-state index in [1.54, 1.807) is 12.4 Å². The summed E-state index contributed by atoms with van der Waals surface area (Å²) in [5, 5.41) is 2.96. The highest BCUT2D eigenvalue weighted by Crippen LogP contribution is 2.09. The molecule has 0 fully saturated rings. The first-order chi connectivity index (χ1) is 7.27. The third-order valence-electron chi connectivity index (χ3n) is 2.04. The summed E-state index contributed by atoms with van der Waals surface area (Å²) in [6.45, 7) is 4.26. The summed E-state index contributed by atoms with van der Waals surface area (Å²) < 4.78 is 5.28. The Morgan fingerprint density at radius 3 is 2.93 bits per heavy atom. The molecule has 1 N–H and O–H groups in total. The first-order valence-electron chi connectivity index (χ1n) is 5.06. The summed E-state index contributed by atoms with van der Waals surface area (Å²) >= 11 is 0. The van der Waals surface area contributed by atoms with Gasteiger partial charge in [0.1, 0.15) is 11.6 Å². The van der Waals surface area contributed by atoms with E-state index in [0.717, 1.165) is 24.8 Å². The fraction of sp³-hybridized carbons (Fsp3) is 0.600. The maximum atomic E-state index is 5.28. The van der Waals surface area contributed by atoms with Crippen molar-refractivity contribution in [3.8, 4) is 0 Å². The van der Waals surface area contributed by atoms with Gasteiger partial charge >= 0.3 is 0 Å². The van der Waals surface area contributed by atoms with Crippen molar-refractivity contribution in [2.75, 3.05) is 44.1 Å². The van der Waals surface area contributed by atoms with Crippen molar-refractivity contribution in [2.24, 2.45) is 0 Å². The van der Waals surface area contributed by atoms with E-state index >= 15 is 0 Å². The standard InChI is InChI=1S/C10H18N4O/c1-4-15-6-5-14(3)10-8-12-7-9(11-2)13-10/h7-8H,4-6H2,1-3H3,(H,11,13). The van der Waals surface area contributed by atoms with Crippen LogP contribution in [0.2, 0.25) is 0 Å². The van der Waals surface area contributed by atoms with Crippen LogP contribution in [0.4, 0.5) is 11.6 Å². The van der Waals surface area contributed by atoms with Crippen molar-refractivity contribution >= 4 is 11.6 Å². The van der Waals surface area contributed by atoms with Crippen LogP contribution in [0, 0.1) is 0 Å². The van der Waals surface area contributed by atoms with Gasteiger partial charge in [0.15, 0.2) is 0 Å². The molecule has 1 aromatic heterocycles. The van der Waals surface area contributed by atoms with E-state index in [0.29, 0.717) is 6.61 Å². The SMILES string of the molecule is CCOCCN(C)c1cncc(NC)n1. The van der Waals surface area contributed by atoms with E-state index in [1.165, 1.54) is 0 Å². The molecule has 1 aromatic rings. The zero-order valence-corrected chi connectivity index (χ0v) is 9.53. The number of likely N-dealkylation sites (N-methyl/N-ethyl adjacent to an activating group) is 1. The van der Waals surface area contributed by atoms with Crippen LogP contribution in [0.15, 0.2) is 12.4 Å². The second kappa shape index (κ2) is 6.19. The number of rotatable bonds is 6. The summed E-state index contributed by atoms with van der Waals surface area (Å²) in [4.78, 5) is 10.5. The zero-order chi connectivity index (χ0) is 11.1. The maximum absolute atomic E-state index is 5.28. The first-order valence-corrected chi connectivity index (χ1v) is 5.06. The van der Waals surface area contributed by atoms with Crippen molar-refractivity contribution < 1.29 is 4.74 Å². The third-order valence-corrected chi connectivity index (χ3v) is 2.04. The molecule has 0 amide bonds. The summed E-state index contributed by atoms with van der Waals surface area (Å²) in [5.74, 6) is 1.62. The van der Waals surface area contributed by atoms with Crippen molar-refractivity contribution in [2.45, 2.75) is 6.92 Å². The molecule has 0 spiro atoms. The third kappa shape index (κ3) is 3.71. The summed E-state index contributed by atoms with van der Waals surface area (Å²) in [7, 11) is 3.80. The number of nitrogens with zero attached hydrogens (tertiary/aromatic N) is 3. The fourth-order valence-corrected chi connectivity index (χ4v) is 1.12. The Kier molecular flexibility index (Phi) is 4.83. The molecule has 0 aliphatic carbocycles. The molecule has 0 aliphatic heterocycles. The number of anilines is 2. The molecule has 0 aliphatic rings. The maximum Gasteiger partial charge on any atom is 0.149 e. The predicted molar refractivity (Wildman–Crippen MR) is 61.3 cm³/mol. The molecule has 1 heterocycles. The Labute approximate surface area is 90.5 Å². The lowest BCUT2D eigenvalue weighted by Crippen LogP contribution is -2.23. The highest BCUT2D eigenvalue weighted by Gasteiger charge is 2.03. The van der Waals surface area contributed by atoms with Crippen LogP contribution in [0.5, 0.6) is 0 Å². The Balaban J connectivity index is 2.52. The fourth-order valence-electron chi connectivity index (χ4n) is 1.12. The minimum absolute atomic E-state index is 0.707. The van der Waals surface area contributed by atoms with Crippen LogP contribution < -0.4 is 10.2 Å². The van der Waals surface area contributed by atoms with E-state index in [4.69, 9.17) is 4.74 Å². The van der Waals surface area contributed by atoms with E-state index < -0.39 is 0 Å². The average Bonchev–Trinajstić information content (AvgIpc) is 2.29. The number of nitrogens with one attached hydrogen (secondary N) is 1. The molecular formula is C10H18N4O. The molecule has 0 unspecified atom stereocenters. The molecule has 0 saturated heterocycles. The van der Waals surface area contributed by atoms with Gasteiger partial charge in [0.05, 0.1) is 19.0 Å². The van der Waals surface area contributed by atoms with Gasteiger partial charge in [-0.1, -0.05) is 0 Å². The van der Waals surface area contributed by atoms with Gasteiger partial charge in [0.25, 0.3) is 0 Å².